The first-order valence-corrected chi connectivity index (χ1v) is 11.4. The summed E-state index contributed by atoms with van der Waals surface area (Å²) in [6.45, 7) is 8.12. The lowest BCUT2D eigenvalue weighted by Crippen LogP contribution is -2.53. The van der Waals surface area contributed by atoms with Gasteiger partial charge in [0.05, 0.1) is 19.3 Å². The zero-order valence-corrected chi connectivity index (χ0v) is 18.2. The molecule has 162 valence electrons. The van der Waals surface area contributed by atoms with E-state index in [1.807, 2.05) is 4.90 Å². The second-order valence-corrected chi connectivity index (χ2v) is 8.65. The lowest BCUT2D eigenvalue weighted by molar-refractivity contribution is -0.134. The quantitative estimate of drug-likeness (QED) is 0.701. The summed E-state index contributed by atoms with van der Waals surface area (Å²) in [4.78, 5) is 21.6. The number of anilines is 1. The number of carbonyl (C=O) groups excluding carboxylic acids is 1. The Bertz CT molecular complexity index is 832. The zero-order valence-electron chi connectivity index (χ0n) is 17.4. The number of piperazine rings is 2. The highest BCUT2D eigenvalue weighted by molar-refractivity contribution is 7.07. The lowest BCUT2D eigenvalue weighted by atomic mass is 10.2. The standard InChI is InChI=1S/C22H29FN4O2S/c1-29-21-14-19(23)2-3-20(21)26-9-5-25(6-10-26)16-22(28)27-11-7-24(8-12-27)15-18-4-13-30-17-18/h2-4,13-14,17H,5-12,15-16H2,1H3. The van der Waals surface area contributed by atoms with Crippen LogP contribution in [0, 0.1) is 5.82 Å². The van der Waals surface area contributed by atoms with Gasteiger partial charge >= 0.3 is 0 Å². The van der Waals surface area contributed by atoms with Crippen LogP contribution in [-0.2, 0) is 11.3 Å². The number of carbonyl (C=O) groups is 1. The average molecular weight is 433 g/mol. The Balaban J connectivity index is 1.22. The summed E-state index contributed by atoms with van der Waals surface area (Å²) >= 11 is 1.73. The highest BCUT2D eigenvalue weighted by Crippen LogP contribution is 2.29. The van der Waals surface area contributed by atoms with Crippen molar-refractivity contribution in [3.8, 4) is 5.75 Å². The maximum absolute atomic E-state index is 13.5. The smallest absolute Gasteiger partial charge is 0.236 e. The van der Waals surface area contributed by atoms with E-state index in [4.69, 9.17) is 4.74 Å². The molecule has 2 aromatic rings. The van der Waals surface area contributed by atoms with Crippen LogP contribution in [0.4, 0.5) is 10.1 Å². The zero-order chi connectivity index (χ0) is 20.9. The molecule has 4 rings (SSSR count). The SMILES string of the molecule is COc1cc(F)ccc1N1CCN(CC(=O)N2CCN(Cc3ccsc3)CC2)CC1. The molecule has 2 fully saturated rings. The van der Waals surface area contributed by atoms with Crippen molar-refractivity contribution in [2.24, 2.45) is 0 Å². The summed E-state index contributed by atoms with van der Waals surface area (Å²) in [7, 11) is 1.56. The van der Waals surface area contributed by atoms with Gasteiger partial charge < -0.3 is 14.5 Å². The maximum atomic E-state index is 13.5. The van der Waals surface area contributed by atoms with E-state index >= 15 is 0 Å². The molecule has 0 atom stereocenters. The Morgan fingerprint density at radius 3 is 2.43 bits per heavy atom. The van der Waals surface area contributed by atoms with E-state index in [1.54, 1.807) is 24.5 Å². The number of ether oxygens (including phenoxy) is 1. The van der Waals surface area contributed by atoms with Crippen molar-refractivity contribution >= 4 is 22.9 Å². The van der Waals surface area contributed by atoms with Crippen LogP contribution >= 0.6 is 11.3 Å². The molecule has 0 unspecified atom stereocenters. The summed E-state index contributed by atoms with van der Waals surface area (Å²) in [6, 6.07) is 6.82. The first-order valence-electron chi connectivity index (χ1n) is 10.4. The number of halogens is 1. The predicted octanol–water partition coefficient (Wildman–Crippen LogP) is 2.36. The van der Waals surface area contributed by atoms with Crippen LogP contribution in [-0.4, -0.2) is 86.6 Å². The van der Waals surface area contributed by atoms with Crippen molar-refractivity contribution in [3.63, 3.8) is 0 Å². The number of benzene rings is 1. The number of hydrogen-bond acceptors (Lipinski definition) is 6. The fourth-order valence-corrected chi connectivity index (χ4v) is 4.81. The second kappa shape index (κ2) is 9.76. The molecule has 2 saturated heterocycles. The van der Waals surface area contributed by atoms with Crippen molar-refractivity contribution in [2.45, 2.75) is 6.54 Å². The van der Waals surface area contributed by atoms with E-state index < -0.39 is 0 Å². The molecule has 2 aliphatic rings. The van der Waals surface area contributed by atoms with E-state index in [9.17, 15) is 9.18 Å². The average Bonchev–Trinajstić information content (AvgIpc) is 3.28. The molecule has 8 heteroatoms. The lowest BCUT2D eigenvalue weighted by Gasteiger charge is -2.38. The van der Waals surface area contributed by atoms with Crippen LogP contribution in [0.1, 0.15) is 5.56 Å². The monoisotopic (exact) mass is 432 g/mol. The van der Waals surface area contributed by atoms with Crippen molar-refractivity contribution in [1.29, 1.82) is 0 Å². The van der Waals surface area contributed by atoms with Crippen LogP contribution in [0.5, 0.6) is 5.75 Å². The van der Waals surface area contributed by atoms with Gasteiger partial charge in [0, 0.05) is 65.0 Å². The fourth-order valence-electron chi connectivity index (χ4n) is 4.15. The number of nitrogens with zero attached hydrogens (tertiary/aromatic N) is 4. The van der Waals surface area contributed by atoms with Crippen LogP contribution < -0.4 is 9.64 Å². The van der Waals surface area contributed by atoms with E-state index in [-0.39, 0.29) is 11.7 Å². The molecule has 30 heavy (non-hydrogen) atoms. The molecular weight excluding hydrogens is 403 g/mol. The van der Waals surface area contributed by atoms with Crippen LogP contribution in [0.3, 0.4) is 0 Å². The molecule has 0 bridgehead atoms. The summed E-state index contributed by atoms with van der Waals surface area (Å²) < 4.78 is 18.8. The minimum atomic E-state index is -0.296. The van der Waals surface area contributed by atoms with Crippen molar-refractivity contribution in [2.75, 3.05) is 70.9 Å². The normalized spacial score (nSPS) is 18.6. The van der Waals surface area contributed by atoms with Crippen LogP contribution in [0.15, 0.2) is 35.0 Å². The molecule has 0 N–H and O–H groups in total. The Morgan fingerprint density at radius 1 is 1.03 bits per heavy atom. The molecule has 1 aromatic heterocycles. The Hall–Kier alpha value is -2.16. The van der Waals surface area contributed by atoms with Crippen molar-refractivity contribution < 1.29 is 13.9 Å². The Kier molecular flexibility index (Phi) is 6.86. The molecule has 0 aliphatic carbocycles. The Morgan fingerprint density at radius 2 is 1.77 bits per heavy atom. The molecular formula is C22H29FN4O2S. The number of amides is 1. The van der Waals surface area contributed by atoms with Gasteiger partial charge in [0.2, 0.25) is 5.91 Å². The number of methoxy groups -OCH3 is 1. The molecule has 6 nitrogen and oxygen atoms in total. The van der Waals surface area contributed by atoms with Gasteiger partial charge in [-0.2, -0.15) is 11.3 Å². The van der Waals surface area contributed by atoms with E-state index in [2.05, 4.69) is 31.5 Å². The molecule has 3 heterocycles. The summed E-state index contributed by atoms with van der Waals surface area (Å²) in [6.07, 6.45) is 0. The van der Waals surface area contributed by atoms with Crippen molar-refractivity contribution in [1.82, 2.24) is 14.7 Å². The molecule has 0 spiro atoms. The minimum absolute atomic E-state index is 0.220. The second-order valence-electron chi connectivity index (χ2n) is 7.87. The highest BCUT2D eigenvalue weighted by atomic mass is 32.1. The summed E-state index contributed by atoms with van der Waals surface area (Å²) in [5.74, 6) is 0.480. The minimum Gasteiger partial charge on any atom is -0.494 e. The number of rotatable bonds is 6. The van der Waals surface area contributed by atoms with Gasteiger partial charge in [-0.3, -0.25) is 14.6 Å². The number of hydrogen-bond donors (Lipinski definition) is 0. The Labute approximate surface area is 181 Å². The third-order valence-electron chi connectivity index (χ3n) is 5.92. The van der Waals surface area contributed by atoms with E-state index in [0.29, 0.717) is 12.3 Å². The topological polar surface area (TPSA) is 39.3 Å². The van der Waals surface area contributed by atoms with E-state index in [0.717, 1.165) is 64.6 Å². The van der Waals surface area contributed by atoms with E-state index in [1.165, 1.54) is 17.7 Å². The first-order chi connectivity index (χ1) is 14.6. The molecule has 0 saturated carbocycles. The highest BCUT2D eigenvalue weighted by Gasteiger charge is 2.25. The third-order valence-corrected chi connectivity index (χ3v) is 6.66. The molecule has 2 aliphatic heterocycles. The van der Waals surface area contributed by atoms with Crippen molar-refractivity contribution in [3.05, 3.63) is 46.4 Å². The van der Waals surface area contributed by atoms with Gasteiger partial charge in [0.25, 0.3) is 0 Å². The third kappa shape index (κ3) is 5.11. The molecule has 0 radical (unpaired) electrons. The summed E-state index contributed by atoms with van der Waals surface area (Å²) in [5, 5.41) is 4.31. The number of thiophene rings is 1. The largest absolute Gasteiger partial charge is 0.494 e. The van der Waals surface area contributed by atoms with Gasteiger partial charge in [-0.05, 0) is 34.5 Å². The van der Waals surface area contributed by atoms with Gasteiger partial charge in [0.15, 0.2) is 0 Å². The first kappa shape index (κ1) is 21.1. The molecule has 1 amide bonds. The van der Waals surface area contributed by atoms with Crippen LogP contribution in [0.2, 0.25) is 0 Å². The maximum Gasteiger partial charge on any atom is 0.236 e. The molecule has 1 aromatic carbocycles. The fraction of sp³-hybridized carbons (Fsp3) is 0.500. The van der Waals surface area contributed by atoms with Gasteiger partial charge in [-0.25, -0.2) is 4.39 Å². The van der Waals surface area contributed by atoms with Crippen LogP contribution in [0.25, 0.3) is 0 Å². The van der Waals surface area contributed by atoms with Gasteiger partial charge in [-0.1, -0.05) is 0 Å². The summed E-state index contributed by atoms with van der Waals surface area (Å²) in [5.41, 5.74) is 2.27. The predicted molar refractivity (Wildman–Crippen MR) is 118 cm³/mol. The van der Waals surface area contributed by atoms with Gasteiger partial charge in [0.1, 0.15) is 11.6 Å². The van der Waals surface area contributed by atoms with Gasteiger partial charge in [-0.15, -0.1) is 0 Å².